The summed E-state index contributed by atoms with van der Waals surface area (Å²) in [6, 6.07) is 10.1. The quantitative estimate of drug-likeness (QED) is 0.359. The van der Waals surface area contributed by atoms with E-state index in [1.165, 1.54) is 18.5 Å². The number of benzene rings is 1. The highest BCUT2D eigenvalue weighted by Gasteiger charge is 2.07. The van der Waals surface area contributed by atoms with Gasteiger partial charge in [0, 0.05) is 20.0 Å². The molecule has 0 aliphatic rings. The second-order valence-corrected chi connectivity index (χ2v) is 7.82. The van der Waals surface area contributed by atoms with Gasteiger partial charge in [-0.1, -0.05) is 12.1 Å². The van der Waals surface area contributed by atoms with Gasteiger partial charge in [0.1, 0.15) is 17.9 Å². The van der Waals surface area contributed by atoms with Crippen LogP contribution < -0.4 is 15.8 Å². The molecular weight excluding hydrogens is 394 g/mol. The maximum Gasteiger partial charge on any atom is 0.238 e. The lowest BCUT2D eigenvalue weighted by Gasteiger charge is -2.12. The molecule has 0 aliphatic carbocycles. The molecule has 3 rings (SSSR count). The summed E-state index contributed by atoms with van der Waals surface area (Å²) in [5.74, 6) is 2.24. The molecule has 0 saturated heterocycles. The van der Waals surface area contributed by atoms with E-state index < -0.39 is 10.0 Å². The van der Waals surface area contributed by atoms with Crippen molar-refractivity contribution in [3.05, 3.63) is 66.1 Å². The van der Waals surface area contributed by atoms with Crippen LogP contribution in [0.25, 0.3) is 0 Å². The zero-order valence-corrected chi connectivity index (χ0v) is 16.8. The summed E-state index contributed by atoms with van der Waals surface area (Å²) in [5.41, 5.74) is 0.850. The number of rotatable bonds is 8. The first kappa shape index (κ1) is 20.6. The van der Waals surface area contributed by atoms with Crippen molar-refractivity contribution in [2.24, 2.45) is 17.2 Å². The lowest BCUT2D eigenvalue weighted by atomic mass is 10.2. The van der Waals surface area contributed by atoms with Crippen molar-refractivity contribution in [2.45, 2.75) is 24.4 Å². The van der Waals surface area contributed by atoms with E-state index in [1.807, 2.05) is 19.2 Å². The molecule has 0 amide bonds. The summed E-state index contributed by atoms with van der Waals surface area (Å²) in [5, 5.41) is 15.6. The fourth-order valence-electron chi connectivity index (χ4n) is 2.53. The fourth-order valence-corrected chi connectivity index (χ4v) is 3.05. The molecule has 0 radical (unpaired) electrons. The van der Waals surface area contributed by atoms with E-state index in [-0.39, 0.29) is 4.90 Å². The smallest absolute Gasteiger partial charge is 0.238 e. The van der Waals surface area contributed by atoms with Crippen LogP contribution in [0.15, 0.2) is 63.3 Å². The predicted octanol–water partition coefficient (Wildman–Crippen LogP) is 0.534. The standard InChI is InChI=1S/C18H23N7O3S/c1-25-17(23-13-24-25)12-22-18(20-9-8-15-3-2-10-28-15)21-11-14-4-6-16(7-5-14)29(19,26)27/h2-7,10,13H,8-9,11-12H2,1H3,(H2,19,26,27)(H2,20,21,22). The molecule has 0 unspecified atom stereocenters. The van der Waals surface area contributed by atoms with Gasteiger partial charge in [-0.05, 0) is 29.8 Å². The number of aryl methyl sites for hydroxylation is 1. The Balaban J connectivity index is 1.64. The second kappa shape index (κ2) is 9.34. The third kappa shape index (κ3) is 6.16. The van der Waals surface area contributed by atoms with Gasteiger partial charge in [-0.3, -0.25) is 4.68 Å². The first-order chi connectivity index (χ1) is 13.9. The summed E-state index contributed by atoms with van der Waals surface area (Å²) in [6.07, 6.45) is 3.84. The van der Waals surface area contributed by atoms with Crippen molar-refractivity contribution in [3.63, 3.8) is 0 Å². The predicted molar refractivity (Wildman–Crippen MR) is 107 cm³/mol. The van der Waals surface area contributed by atoms with Crippen molar-refractivity contribution < 1.29 is 12.8 Å². The lowest BCUT2D eigenvalue weighted by molar-refractivity contribution is 0.506. The molecule has 0 fully saturated rings. The van der Waals surface area contributed by atoms with Gasteiger partial charge in [-0.2, -0.15) is 5.10 Å². The van der Waals surface area contributed by atoms with Crippen LogP contribution in [0.3, 0.4) is 0 Å². The second-order valence-electron chi connectivity index (χ2n) is 6.26. The topological polar surface area (TPSA) is 140 Å². The number of nitrogens with one attached hydrogen (secondary N) is 2. The number of hydrogen-bond acceptors (Lipinski definition) is 6. The number of primary sulfonamides is 1. The Bertz CT molecular complexity index is 1040. The molecule has 0 spiro atoms. The average molecular weight is 417 g/mol. The Morgan fingerprint density at radius 2 is 2.03 bits per heavy atom. The monoisotopic (exact) mass is 417 g/mol. The molecule has 0 bridgehead atoms. The molecule has 11 heteroatoms. The Morgan fingerprint density at radius 1 is 1.24 bits per heavy atom. The van der Waals surface area contributed by atoms with Gasteiger partial charge in [0.2, 0.25) is 10.0 Å². The highest BCUT2D eigenvalue weighted by Crippen LogP contribution is 2.09. The first-order valence-corrected chi connectivity index (χ1v) is 10.5. The van der Waals surface area contributed by atoms with Crippen LogP contribution in [0, 0.1) is 0 Å². The van der Waals surface area contributed by atoms with Crippen LogP contribution in [0.2, 0.25) is 0 Å². The molecule has 0 atom stereocenters. The normalized spacial score (nSPS) is 12.1. The number of hydrogen-bond donors (Lipinski definition) is 3. The van der Waals surface area contributed by atoms with Crippen molar-refractivity contribution in [1.82, 2.24) is 25.4 Å². The van der Waals surface area contributed by atoms with Gasteiger partial charge in [-0.15, -0.1) is 0 Å². The van der Waals surface area contributed by atoms with E-state index in [2.05, 4.69) is 25.7 Å². The summed E-state index contributed by atoms with van der Waals surface area (Å²) >= 11 is 0. The zero-order chi connectivity index (χ0) is 20.7. The van der Waals surface area contributed by atoms with E-state index in [9.17, 15) is 8.42 Å². The average Bonchev–Trinajstić information content (AvgIpc) is 3.35. The largest absolute Gasteiger partial charge is 0.469 e. The van der Waals surface area contributed by atoms with Crippen LogP contribution in [0.4, 0.5) is 0 Å². The minimum Gasteiger partial charge on any atom is -0.469 e. The van der Waals surface area contributed by atoms with Crippen LogP contribution in [-0.4, -0.2) is 35.7 Å². The van der Waals surface area contributed by atoms with E-state index in [1.54, 1.807) is 23.1 Å². The van der Waals surface area contributed by atoms with Gasteiger partial charge < -0.3 is 15.1 Å². The number of guanidine groups is 1. The van der Waals surface area contributed by atoms with E-state index in [0.29, 0.717) is 32.0 Å². The molecule has 29 heavy (non-hydrogen) atoms. The van der Waals surface area contributed by atoms with Crippen molar-refractivity contribution in [1.29, 1.82) is 0 Å². The van der Waals surface area contributed by atoms with Gasteiger partial charge in [0.25, 0.3) is 0 Å². The fraction of sp³-hybridized carbons (Fsp3) is 0.278. The Morgan fingerprint density at radius 3 is 2.66 bits per heavy atom. The van der Waals surface area contributed by atoms with Gasteiger partial charge in [-0.25, -0.2) is 23.5 Å². The highest BCUT2D eigenvalue weighted by atomic mass is 32.2. The maximum atomic E-state index is 11.4. The number of furan rings is 1. The molecular formula is C18H23N7O3S. The van der Waals surface area contributed by atoms with Gasteiger partial charge in [0.05, 0.1) is 24.2 Å². The SMILES string of the molecule is Cn1ncnc1CNC(=NCc1ccc(S(N)(=O)=O)cc1)NCCc1ccco1. The number of nitrogens with two attached hydrogens (primary N) is 1. The first-order valence-electron chi connectivity index (χ1n) is 8.91. The summed E-state index contributed by atoms with van der Waals surface area (Å²) in [4.78, 5) is 8.81. The Labute approximate surface area is 168 Å². The Kier molecular flexibility index (Phi) is 6.62. The molecule has 0 aliphatic heterocycles. The van der Waals surface area contributed by atoms with Crippen molar-refractivity contribution >= 4 is 16.0 Å². The number of aromatic nitrogens is 3. The number of aliphatic imine (C=N–C) groups is 1. The highest BCUT2D eigenvalue weighted by molar-refractivity contribution is 7.89. The minimum absolute atomic E-state index is 0.0717. The lowest BCUT2D eigenvalue weighted by Crippen LogP contribution is -2.38. The number of sulfonamides is 1. The molecule has 2 aromatic heterocycles. The summed E-state index contributed by atoms with van der Waals surface area (Å²) in [6.45, 7) is 1.44. The van der Waals surface area contributed by atoms with E-state index >= 15 is 0 Å². The van der Waals surface area contributed by atoms with Crippen LogP contribution in [0.5, 0.6) is 0 Å². The zero-order valence-electron chi connectivity index (χ0n) is 15.9. The third-order valence-electron chi connectivity index (χ3n) is 4.13. The van der Waals surface area contributed by atoms with E-state index in [0.717, 1.165) is 17.1 Å². The van der Waals surface area contributed by atoms with Crippen LogP contribution in [-0.2, 0) is 36.6 Å². The third-order valence-corrected chi connectivity index (χ3v) is 5.06. The molecule has 2 heterocycles. The molecule has 1 aromatic carbocycles. The van der Waals surface area contributed by atoms with Crippen LogP contribution >= 0.6 is 0 Å². The van der Waals surface area contributed by atoms with Crippen LogP contribution in [0.1, 0.15) is 17.1 Å². The molecule has 3 aromatic rings. The van der Waals surface area contributed by atoms with Gasteiger partial charge >= 0.3 is 0 Å². The summed E-state index contributed by atoms with van der Waals surface area (Å²) < 4.78 is 29.7. The minimum atomic E-state index is -3.71. The van der Waals surface area contributed by atoms with Crippen molar-refractivity contribution in [3.8, 4) is 0 Å². The molecule has 154 valence electrons. The molecule has 10 nitrogen and oxygen atoms in total. The van der Waals surface area contributed by atoms with E-state index in [4.69, 9.17) is 9.56 Å². The number of nitrogens with zero attached hydrogens (tertiary/aromatic N) is 4. The summed E-state index contributed by atoms with van der Waals surface area (Å²) in [7, 11) is -1.89. The Hall–Kier alpha value is -3.18. The maximum absolute atomic E-state index is 11.4. The van der Waals surface area contributed by atoms with Gasteiger partial charge in [0.15, 0.2) is 5.96 Å². The van der Waals surface area contributed by atoms with Crippen molar-refractivity contribution in [2.75, 3.05) is 6.54 Å². The molecule has 4 N–H and O–H groups in total. The molecule has 0 saturated carbocycles.